The van der Waals surface area contributed by atoms with Crippen LogP contribution in [0.15, 0.2) is 72.8 Å². The highest BCUT2D eigenvalue weighted by molar-refractivity contribution is 8.00. The molecule has 3 unspecified atom stereocenters. The summed E-state index contributed by atoms with van der Waals surface area (Å²) in [6.45, 7) is 3.36. The molecule has 0 saturated carbocycles. The third-order valence-corrected chi connectivity index (χ3v) is 8.95. The fourth-order valence-electron chi connectivity index (χ4n) is 5.05. The Bertz CT molecular complexity index is 1560. The quantitative estimate of drug-likeness (QED) is 0.106. The normalized spacial score (nSPS) is 17.0. The average Bonchev–Trinajstić information content (AvgIpc) is 3.06. The monoisotopic (exact) mass is 684 g/mol. The molecule has 3 aromatic carbocycles. The summed E-state index contributed by atoms with van der Waals surface area (Å²) >= 11 is 1.27. The minimum absolute atomic E-state index is 0.122. The van der Waals surface area contributed by atoms with E-state index in [2.05, 4.69) is 16.0 Å². The number of amides is 3. The fraction of sp³-hybridized carbons (Fsp3) is 0.353. The van der Waals surface area contributed by atoms with E-state index in [1.807, 2.05) is 0 Å². The van der Waals surface area contributed by atoms with E-state index >= 15 is 0 Å². The van der Waals surface area contributed by atoms with Gasteiger partial charge in [-0.1, -0.05) is 38.1 Å². The van der Waals surface area contributed by atoms with Crippen molar-refractivity contribution in [1.29, 1.82) is 0 Å². The molecule has 0 spiro atoms. The predicted molar refractivity (Wildman–Crippen MR) is 176 cm³/mol. The maximum Gasteiger partial charge on any atom is 0.320 e. The van der Waals surface area contributed by atoms with E-state index in [1.54, 1.807) is 43.0 Å². The van der Waals surface area contributed by atoms with E-state index in [-0.39, 0.29) is 43.8 Å². The predicted octanol–water partition coefficient (Wildman–Crippen LogP) is 3.20. The van der Waals surface area contributed by atoms with Crippen molar-refractivity contribution in [2.24, 2.45) is 5.92 Å². The summed E-state index contributed by atoms with van der Waals surface area (Å²) in [6.07, 6.45) is -0.921. The number of nitrogens with zero attached hydrogens (tertiary/aromatic N) is 1. The van der Waals surface area contributed by atoms with Crippen LogP contribution in [0.4, 0.5) is 14.5 Å². The molecular formula is C34H38F2N4O7S. The Morgan fingerprint density at radius 1 is 0.896 bits per heavy atom. The Morgan fingerprint density at radius 3 is 2.12 bits per heavy atom. The fourth-order valence-corrected chi connectivity index (χ4v) is 6.35. The molecule has 4 rings (SSSR count). The second kappa shape index (κ2) is 17.0. The molecule has 14 heteroatoms. The lowest BCUT2D eigenvalue weighted by Crippen LogP contribution is -2.57. The molecule has 11 nitrogen and oxygen atoms in total. The number of nitrogens with one attached hydrogen (secondary N) is 3. The van der Waals surface area contributed by atoms with Gasteiger partial charge in [0.25, 0.3) is 5.91 Å². The van der Waals surface area contributed by atoms with E-state index in [9.17, 15) is 38.2 Å². The van der Waals surface area contributed by atoms with Crippen LogP contribution in [-0.4, -0.2) is 77.2 Å². The standard InChI is InChI=1S/C34H38F2N4O7S/c1-20(2)30(34(45)46)38-16-15-37-28(42)17-39-29(43)18-47-26-13-5-22(6-14-26)31-32(33(44)40(31)25-11-9-24(36)10-12-25)48-19-27(41)21-3-7-23(35)8-4-21/h3-14,20,27,30-32,38,41H,15-19H2,1-2H3,(H,37,42)(H,39,43)(H,45,46)/t27?,30-,31?,32?/m1/s1. The van der Waals surface area contributed by atoms with E-state index in [0.717, 1.165) is 5.56 Å². The molecule has 1 aliphatic heterocycles. The molecule has 4 atom stereocenters. The first-order valence-electron chi connectivity index (χ1n) is 15.3. The van der Waals surface area contributed by atoms with Crippen LogP contribution in [-0.2, 0) is 19.2 Å². The van der Waals surface area contributed by atoms with Crippen molar-refractivity contribution in [1.82, 2.24) is 16.0 Å². The Kier molecular flexibility index (Phi) is 12.9. The van der Waals surface area contributed by atoms with Crippen molar-refractivity contribution >= 4 is 41.1 Å². The van der Waals surface area contributed by atoms with Gasteiger partial charge >= 0.3 is 5.97 Å². The van der Waals surface area contributed by atoms with Crippen molar-refractivity contribution < 1.29 is 42.9 Å². The van der Waals surface area contributed by atoms with Crippen LogP contribution in [0.3, 0.4) is 0 Å². The number of thioether (sulfide) groups is 1. The maximum atomic E-state index is 13.6. The zero-order valence-corrected chi connectivity index (χ0v) is 27.2. The van der Waals surface area contributed by atoms with Crippen LogP contribution in [0.25, 0.3) is 0 Å². The molecule has 3 amide bonds. The van der Waals surface area contributed by atoms with Gasteiger partial charge in [0, 0.05) is 24.5 Å². The van der Waals surface area contributed by atoms with Crippen molar-refractivity contribution in [3.8, 4) is 5.75 Å². The van der Waals surface area contributed by atoms with Crippen molar-refractivity contribution in [2.45, 2.75) is 37.3 Å². The molecule has 3 aromatic rings. The number of hydrogen-bond acceptors (Lipinski definition) is 8. The summed E-state index contributed by atoms with van der Waals surface area (Å²) in [5.74, 6) is -2.56. The molecule has 1 aliphatic rings. The van der Waals surface area contributed by atoms with E-state index in [4.69, 9.17) is 4.74 Å². The van der Waals surface area contributed by atoms with Gasteiger partial charge in [-0.05, 0) is 65.6 Å². The summed E-state index contributed by atoms with van der Waals surface area (Å²) in [5, 5.41) is 27.2. The second-order valence-electron chi connectivity index (χ2n) is 11.4. The number of aliphatic hydroxyl groups excluding tert-OH is 1. The molecule has 1 fully saturated rings. The summed E-state index contributed by atoms with van der Waals surface area (Å²) in [4.78, 5) is 50.4. The Morgan fingerprint density at radius 2 is 1.52 bits per heavy atom. The third kappa shape index (κ3) is 9.75. The Labute approximate surface area is 281 Å². The number of β-lactam (4-membered cyclic amide) rings is 1. The maximum absolute atomic E-state index is 13.6. The number of carboxylic acid groups (broad SMARTS) is 1. The summed E-state index contributed by atoms with van der Waals surface area (Å²) in [7, 11) is 0. The smallest absolute Gasteiger partial charge is 0.320 e. The van der Waals surface area contributed by atoms with Gasteiger partial charge in [0.2, 0.25) is 11.8 Å². The van der Waals surface area contributed by atoms with Gasteiger partial charge in [-0.15, -0.1) is 11.8 Å². The first kappa shape index (κ1) is 36.3. The van der Waals surface area contributed by atoms with E-state index < -0.39 is 52.9 Å². The van der Waals surface area contributed by atoms with Crippen molar-refractivity contribution in [2.75, 3.05) is 36.9 Å². The molecular weight excluding hydrogens is 646 g/mol. The first-order chi connectivity index (χ1) is 22.9. The lowest BCUT2D eigenvalue weighted by Gasteiger charge is -2.47. The van der Waals surface area contributed by atoms with Gasteiger partial charge in [-0.3, -0.25) is 19.2 Å². The number of aliphatic carboxylic acids is 1. The number of anilines is 1. The van der Waals surface area contributed by atoms with Crippen molar-refractivity contribution in [3.05, 3.63) is 95.6 Å². The molecule has 256 valence electrons. The minimum atomic E-state index is -0.970. The number of hydrogen-bond donors (Lipinski definition) is 5. The average molecular weight is 685 g/mol. The summed E-state index contributed by atoms with van der Waals surface area (Å²) in [6, 6.07) is 16.7. The van der Waals surface area contributed by atoms with Crippen LogP contribution in [0.2, 0.25) is 0 Å². The molecule has 1 saturated heterocycles. The van der Waals surface area contributed by atoms with E-state index in [0.29, 0.717) is 17.0 Å². The third-order valence-electron chi connectivity index (χ3n) is 7.62. The number of carbonyl (C=O) groups excluding carboxylic acids is 3. The Hall–Kier alpha value is -4.53. The van der Waals surface area contributed by atoms with Crippen LogP contribution in [0, 0.1) is 17.6 Å². The van der Waals surface area contributed by atoms with Crippen LogP contribution < -0.4 is 25.6 Å². The highest BCUT2D eigenvalue weighted by Gasteiger charge is 2.49. The number of benzene rings is 3. The minimum Gasteiger partial charge on any atom is -0.484 e. The number of ether oxygens (including phenoxy) is 1. The molecule has 0 aliphatic carbocycles. The molecule has 0 bridgehead atoms. The van der Waals surface area contributed by atoms with Crippen molar-refractivity contribution in [3.63, 3.8) is 0 Å². The SMILES string of the molecule is CC(C)[C@@H](NCCNC(=O)CNC(=O)COc1ccc(C2C(SCC(O)c3ccc(F)cc3)C(=O)N2c2ccc(F)cc2)cc1)C(=O)O. The van der Waals surface area contributed by atoms with Crippen LogP contribution in [0.5, 0.6) is 5.75 Å². The number of aliphatic hydroxyl groups is 1. The van der Waals surface area contributed by atoms with Gasteiger partial charge in [0.1, 0.15) is 28.7 Å². The second-order valence-corrected chi connectivity index (χ2v) is 12.6. The molecule has 48 heavy (non-hydrogen) atoms. The van der Waals surface area contributed by atoms with Gasteiger partial charge in [-0.25, -0.2) is 8.78 Å². The molecule has 0 aromatic heterocycles. The highest BCUT2D eigenvalue weighted by Crippen LogP contribution is 2.46. The van der Waals surface area contributed by atoms with Gasteiger partial charge in [0.15, 0.2) is 6.61 Å². The topological polar surface area (TPSA) is 157 Å². The summed E-state index contributed by atoms with van der Waals surface area (Å²) in [5.41, 5.74) is 1.79. The lowest BCUT2D eigenvalue weighted by atomic mass is 9.92. The molecule has 0 radical (unpaired) electrons. The zero-order valence-electron chi connectivity index (χ0n) is 26.4. The van der Waals surface area contributed by atoms with Crippen LogP contribution in [0.1, 0.15) is 37.1 Å². The molecule has 1 heterocycles. The Balaban J connectivity index is 1.29. The van der Waals surface area contributed by atoms with Gasteiger partial charge < -0.3 is 35.8 Å². The number of carboxylic acids is 1. The largest absolute Gasteiger partial charge is 0.484 e. The zero-order chi connectivity index (χ0) is 34.8. The first-order valence-corrected chi connectivity index (χ1v) is 16.4. The highest BCUT2D eigenvalue weighted by atomic mass is 32.2. The van der Waals surface area contributed by atoms with Gasteiger partial charge in [0.05, 0.1) is 18.7 Å². The molecule has 5 N–H and O–H groups in total. The number of halogens is 2. The van der Waals surface area contributed by atoms with Gasteiger partial charge in [-0.2, -0.15) is 0 Å². The summed E-state index contributed by atoms with van der Waals surface area (Å²) < 4.78 is 32.5. The van der Waals surface area contributed by atoms with E-state index in [1.165, 1.54) is 60.3 Å². The van der Waals surface area contributed by atoms with Crippen LogP contribution >= 0.6 is 11.8 Å². The lowest BCUT2D eigenvalue weighted by molar-refractivity contribution is -0.140. The number of rotatable bonds is 17. The number of carbonyl (C=O) groups is 4.